The molecule has 0 aromatic carbocycles. The first-order chi connectivity index (χ1) is 7.85. The van der Waals surface area contributed by atoms with E-state index >= 15 is 0 Å². The third kappa shape index (κ3) is 2.98. The smallest absolute Gasteiger partial charge is 0.0467 e. The summed E-state index contributed by atoms with van der Waals surface area (Å²) in [5.74, 6) is 0. The fourth-order valence-corrected chi connectivity index (χ4v) is 3.07. The van der Waals surface area contributed by atoms with Gasteiger partial charge in [-0.25, -0.2) is 0 Å². The van der Waals surface area contributed by atoms with Crippen LogP contribution in [-0.4, -0.2) is 20.3 Å². The Morgan fingerprint density at radius 2 is 2.31 bits per heavy atom. The van der Waals surface area contributed by atoms with Crippen molar-refractivity contribution in [2.45, 2.75) is 32.1 Å². The molecule has 0 radical (unpaired) electrons. The zero-order chi connectivity index (χ0) is 11.3. The molecule has 1 aliphatic rings. The van der Waals surface area contributed by atoms with Gasteiger partial charge < -0.3 is 10.1 Å². The summed E-state index contributed by atoms with van der Waals surface area (Å²) in [6.45, 7) is 2.01. The molecule has 0 aliphatic heterocycles. The molecule has 1 saturated carbocycles. The van der Waals surface area contributed by atoms with E-state index in [4.69, 9.17) is 4.74 Å². The standard InChI is InChI=1S/C13H21NOS/c1-15-9-7-13(4-2-5-13)6-8-14-12-3-10-16-11-12/h3,10-11,14H,2,4-9H2,1H3. The van der Waals surface area contributed by atoms with E-state index in [9.17, 15) is 0 Å². The Morgan fingerprint density at radius 3 is 2.88 bits per heavy atom. The van der Waals surface area contributed by atoms with Gasteiger partial charge in [0.2, 0.25) is 0 Å². The highest BCUT2D eigenvalue weighted by Gasteiger charge is 2.35. The van der Waals surface area contributed by atoms with Gasteiger partial charge in [0.1, 0.15) is 0 Å². The third-order valence-electron chi connectivity index (χ3n) is 3.76. The van der Waals surface area contributed by atoms with E-state index < -0.39 is 0 Å². The Bertz CT molecular complexity index is 293. The predicted molar refractivity (Wildman–Crippen MR) is 70.2 cm³/mol. The Labute approximate surface area is 102 Å². The normalized spacial score (nSPS) is 18.1. The topological polar surface area (TPSA) is 21.3 Å². The van der Waals surface area contributed by atoms with Crippen LogP contribution >= 0.6 is 11.3 Å². The van der Waals surface area contributed by atoms with Crippen molar-refractivity contribution in [3.8, 4) is 0 Å². The molecule has 16 heavy (non-hydrogen) atoms. The molecule has 1 N–H and O–H groups in total. The van der Waals surface area contributed by atoms with Crippen LogP contribution in [0.1, 0.15) is 32.1 Å². The third-order valence-corrected chi connectivity index (χ3v) is 4.44. The van der Waals surface area contributed by atoms with Gasteiger partial charge in [-0.1, -0.05) is 6.42 Å². The minimum atomic E-state index is 0.582. The van der Waals surface area contributed by atoms with E-state index in [1.807, 2.05) is 0 Å². The molecule has 1 fully saturated rings. The highest BCUT2D eigenvalue weighted by molar-refractivity contribution is 7.08. The maximum atomic E-state index is 5.21. The summed E-state index contributed by atoms with van der Waals surface area (Å²) in [5.41, 5.74) is 1.85. The van der Waals surface area contributed by atoms with Gasteiger partial charge in [-0.3, -0.25) is 0 Å². The zero-order valence-electron chi connectivity index (χ0n) is 10.00. The van der Waals surface area contributed by atoms with Crippen LogP contribution in [0.4, 0.5) is 5.69 Å². The van der Waals surface area contributed by atoms with E-state index in [0.29, 0.717) is 5.41 Å². The van der Waals surface area contributed by atoms with Crippen molar-refractivity contribution in [1.29, 1.82) is 0 Å². The van der Waals surface area contributed by atoms with Gasteiger partial charge in [-0.15, -0.1) is 0 Å². The maximum Gasteiger partial charge on any atom is 0.0467 e. The number of thiophene rings is 1. The first kappa shape index (κ1) is 11.9. The minimum absolute atomic E-state index is 0.582. The van der Waals surface area contributed by atoms with Gasteiger partial charge in [-0.2, -0.15) is 11.3 Å². The van der Waals surface area contributed by atoms with E-state index in [2.05, 4.69) is 22.1 Å². The Hall–Kier alpha value is -0.540. The number of hydrogen-bond acceptors (Lipinski definition) is 3. The molecule has 0 amide bonds. The lowest BCUT2D eigenvalue weighted by atomic mass is 9.65. The maximum absolute atomic E-state index is 5.21. The van der Waals surface area contributed by atoms with Crippen LogP contribution in [0.25, 0.3) is 0 Å². The van der Waals surface area contributed by atoms with E-state index in [1.54, 1.807) is 18.4 Å². The average molecular weight is 239 g/mol. The lowest BCUT2D eigenvalue weighted by Crippen LogP contribution is -2.32. The van der Waals surface area contributed by atoms with Crippen molar-refractivity contribution in [2.24, 2.45) is 5.41 Å². The fraction of sp³-hybridized carbons (Fsp3) is 0.692. The molecule has 90 valence electrons. The summed E-state index contributed by atoms with van der Waals surface area (Å²) in [5, 5.41) is 7.78. The van der Waals surface area contributed by atoms with Crippen molar-refractivity contribution < 1.29 is 4.74 Å². The lowest BCUT2D eigenvalue weighted by molar-refractivity contribution is 0.0647. The number of ether oxygens (including phenoxy) is 1. The fourth-order valence-electron chi connectivity index (χ4n) is 2.46. The number of rotatable bonds is 7. The summed E-state index contributed by atoms with van der Waals surface area (Å²) in [7, 11) is 1.80. The number of methoxy groups -OCH3 is 1. The molecule has 1 aromatic rings. The molecule has 0 bridgehead atoms. The molecule has 1 heterocycles. The highest BCUT2D eigenvalue weighted by atomic mass is 32.1. The lowest BCUT2D eigenvalue weighted by Gasteiger charge is -2.42. The molecule has 1 aromatic heterocycles. The number of anilines is 1. The molecule has 0 atom stereocenters. The Kier molecular flexibility index (Phi) is 4.24. The highest BCUT2D eigenvalue weighted by Crippen LogP contribution is 2.46. The molecule has 3 heteroatoms. The van der Waals surface area contributed by atoms with Crippen LogP contribution < -0.4 is 5.32 Å². The van der Waals surface area contributed by atoms with Gasteiger partial charge >= 0.3 is 0 Å². The van der Waals surface area contributed by atoms with Crippen LogP contribution in [0, 0.1) is 5.41 Å². The van der Waals surface area contributed by atoms with E-state index in [1.165, 1.54) is 37.8 Å². The summed E-state index contributed by atoms with van der Waals surface area (Å²) in [4.78, 5) is 0. The van der Waals surface area contributed by atoms with Gasteiger partial charge in [0.25, 0.3) is 0 Å². The van der Waals surface area contributed by atoms with Crippen molar-refractivity contribution in [3.05, 3.63) is 16.8 Å². The quantitative estimate of drug-likeness (QED) is 0.782. The molecular formula is C13H21NOS. The summed E-state index contributed by atoms with van der Waals surface area (Å²) >= 11 is 1.75. The first-order valence-corrected chi connectivity index (χ1v) is 7.04. The molecule has 2 rings (SSSR count). The summed E-state index contributed by atoms with van der Waals surface area (Å²) in [6.07, 6.45) is 6.70. The molecule has 0 unspecified atom stereocenters. The van der Waals surface area contributed by atoms with Crippen molar-refractivity contribution >= 4 is 17.0 Å². The van der Waals surface area contributed by atoms with Crippen LogP contribution in [-0.2, 0) is 4.74 Å². The molecule has 0 saturated heterocycles. The summed E-state index contributed by atoms with van der Waals surface area (Å²) < 4.78 is 5.21. The SMILES string of the molecule is COCCC1(CCNc2ccsc2)CCC1. The van der Waals surface area contributed by atoms with Gasteiger partial charge in [-0.05, 0) is 42.5 Å². The van der Waals surface area contributed by atoms with Crippen LogP contribution in [0.2, 0.25) is 0 Å². The second kappa shape index (κ2) is 5.69. The van der Waals surface area contributed by atoms with E-state index in [-0.39, 0.29) is 0 Å². The van der Waals surface area contributed by atoms with Crippen LogP contribution in [0.5, 0.6) is 0 Å². The number of hydrogen-bond donors (Lipinski definition) is 1. The monoisotopic (exact) mass is 239 g/mol. The molecule has 2 nitrogen and oxygen atoms in total. The minimum Gasteiger partial charge on any atom is -0.385 e. The second-order valence-corrected chi connectivity index (χ2v) is 5.57. The molecular weight excluding hydrogens is 218 g/mol. The largest absolute Gasteiger partial charge is 0.385 e. The first-order valence-electron chi connectivity index (χ1n) is 6.10. The van der Waals surface area contributed by atoms with E-state index in [0.717, 1.165) is 13.2 Å². The van der Waals surface area contributed by atoms with Crippen molar-refractivity contribution in [2.75, 3.05) is 25.6 Å². The van der Waals surface area contributed by atoms with Gasteiger partial charge in [0, 0.05) is 31.3 Å². The number of nitrogens with one attached hydrogen (secondary N) is 1. The van der Waals surface area contributed by atoms with Crippen molar-refractivity contribution in [1.82, 2.24) is 0 Å². The summed E-state index contributed by atoms with van der Waals surface area (Å²) in [6, 6.07) is 2.15. The second-order valence-electron chi connectivity index (χ2n) is 4.79. The molecule has 1 aliphatic carbocycles. The van der Waals surface area contributed by atoms with Crippen molar-refractivity contribution in [3.63, 3.8) is 0 Å². The molecule has 0 spiro atoms. The Morgan fingerprint density at radius 1 is 1.44 bits per heavy atom. The van der Waals surface area contributed by atoms with Gasteiger partial charge in [0.15, 0.2) is 0 Å². The van der Waals surface area contributed by atoms with Crippen LogP contribution in [0.15, 0.2) is 16.8 Å². The predicted octanol–water partition coefficient (Wildman–Crippen LogP) is 3.76. The average Bonchev–Trinajstić information content (AvgIpc) is 2.73. The van der Waals surface area contributed by atoms with Gasteiger partial charge in [0.05, 0.1) is 0 Å². The van der Waals surface area contributed by atoms with Crippen LogP contribution in [0.3, 0.4) is 0 Å². The Balaban J connectivity index is 1.70. The zero-order valence-corrected chi connectivity index (χ0v) is 10.8.